The highest BCUT2D eigenvalue weighted by molar-refractivity contribution is 5.32. The molecule has 2 aliphatic rings. The van der Waals surface area contributed by atoms with Gasteiger partial charge in [-0.3, -0.25) is 10.00 Å². The number of aromatic nitrogens is 2. The topological polar surface area (TPSA) is 57.9 Å². The highest BCUT2D eigenvalue weighted by atomic mass is 15.2. The number of likely N-dealkylation sites (tertiary alicyclic amines) is 1. The molecule has 4 heteroatoms. The van der Waals surface area contributed by atoms with Crippen molar-refractivity contribution in [2.45, 2.75) is 44.7 Å². The summed E-state index contributed by atoms with van der Waals surface area (Å²) in [6.45, 7) is 4.58. The van der Waals surface area contributed by atoms with Crippen LogP contribution in [0.15, 0.2) is 0 Å². The maximum atomic E-state index is 6.14. The summed E-state index contributed by atoms with van der Waals surface area (Å²) in [7, 11) is 0. The minimum atomic E-state index is 0.279. The van der Waals surface area contributed by atoms with Crippen LogP contribution in [0.25, 0.3) is 0 Å². The zero-order chi connectivity index (χ0) is 11.1. The van der Waals surface area contributed by atoms with Gasteiger partial charge in [-0.05, 0) is 39.3 Å². The van der Waals surface area contributed by atoms with Gasteiger partial charge in [-0.25, -0.2) is 0 Å². The van der Waals surface area contributed by atoms with E-state index in [4.69, 9.17) is 5.73 Å². The van der Waals surface area contributed by atoms with Crippen molar-refractivity contribution in [2.24, 2.45) is 5.73 Å². The Hall–Kier alpha value is -0.870. The lowest BCUT2D eigenvalue weighted by Gasteiger charge is -2.33. The molecule has 16 heavy (non-hydrogen) atoms. The zero-order valence-corrected chi connectivity index (χ0v) is 9.87. The molecule has 0 bridgehead atoms. The number of nitrogens with zero attached hydrogens (tertiary/aromatic N) is 2. The Kier molecular flexibility index (Phi) is 2.48. The van der Waals surface area contributed by atoms with Gasteiger partial charge in [0.1, 0.15) is 0 Å². The van der Waals surface area contributed by atoms with Gasteiger partial charge >= 0.3 is 0 Å². The molecule has 0 spiro atoms. The van der Waals surface area contributed by atoms with Gasteiger partial charge in [-0.2, -0.15) is 5.10 Å². The van der Waals surface area contributed by atoms with Crippen LogP contribution in [0.3, 0.4) is 0 Å². The fourth-order valence-corrected chi connectivity index (χ4v) is 3.21. The van der Waals surface area contributed by atoms with Crippen LogP contribution in [0.5, 0.6) is 0 Å². The summed E-state index contributed by atoms with van der Waals surface area (Å²) in [5, 5.41) is 7.52. The van der Waals surface area contributed by atoms with E-state index in [0.29, 0.717) is 6.04 Å². The van der Waals surface area contributed by atoms with Gasteiger partial charge in [-0.15, -0.1) is 0 Å². The molecule has 3 rings (SSSR count). The molecule has 2 unspecified atom stereocenters. The minimum Gasteiger partial charge on any atom is -0.327 e. The number of H-pyrrole nitrogens is 1. The number of nitrogens with one attached hydrogen (secondary N) is 1. The fourth-order valence-electron chi connectivity index (χ4n) is 3.21. The van der Waals surface area contributed by atoms with Crippen LogP contribution in [-0.4, -0.2) is 34.2 Å². The first-order valence-electron chi connectivity index (χ1n) is 6.29. The average Bonchev–Trinajstić information content (AvgIpc) is 2.87. The van der Waals surface area contributed by atoms with Gasteiger partial charge < -0.3 is 5.73 Å². The number of hydrogen-bond donors (Lipinski definition) is 2. The third-order valence-corrected chi connectivity index (χ3v) is 3.97. The second-order valence-electron chi connectivity index (χ2n) is 5.17. The molecule has 88 valence electrons. The summed E-state index contributed by atoms with van der Waals surface area (Å²) in [4.78, 5) is 2.58. The molecule has 0 saturated carbocycles. The smallest absolute Gasteiger partial charge is 0.0688 e. The lowest BCUT2D eigenvalue weighted by molar-refractivity contribution is 0.211. The molecule has 0 aromatic carbocycles. The third kappa shape index (κ3) is 1.57. The Morgan fingerprint density at radius 1 is 1.38 bits per heavy atom. The molecule has 1 fully saturated rings. The Balaban J connectivity index is 1.95. The Labute approximate surface area is 96.2 Å². The molecule has 1 aliphatic heterocycles. The van der Waals surface area contributed by atoms with Crippen molar-refractivity contribution >= 4 is 0 Å². The Bertz CT molecular complexity index is 378. The van der Waals surface area contributed by atoms with Crippen molar-refractivity contribution in [3.63, 3.8) is 0 Å². The second kappa shape index (κ2) is 3.86. The van der Waals surface area contributed by atoms with E-state index >= 15 is 0 Å². The first-order valence-corrected chi connectivity index (χ1v) is 6.29. The molecule has 1 aliphatic carbocycles. The largest absolute Gasteiger partial charge is 0.327 e. The fraction of sp³-hybridized carbons (Fsp3) is 0.750. The molecular formula is C12H20N4. The average molecular weight is 220 g/mol. The molecule has 0 amide bonds. The molecule has 2 atom stereocenters. The first kappa shape index (κ1) is 10.3. The van der Waals surface area contributed by atoms with Crippen molar-refractivity contribution in [2.75, 3.05) is 13.1 Å². The van der Waals surface area contributed by atoms with E-state index in [2.05, 4.69) is 22.0 Å². The van der Waals surface area contributed by atoms with Crippen molar-refractivity contribution in [1.29, 1.82) is 0 Å². The minimum absolute atomic E-state index is 0.279. The van der Waals surface area contributed by atoms with Crippen molar-refractivity contribution in [1.82, 2.24) is 15.1 Å². The number of aryl methyl sites for hydroxylation is 1. The summed E-state index contributed by atoms with van der Waals surface area (Å²) in [5.41, 5.74) is 10.0. The van der Waals surface area contributed by atoms with Gasteiger partial charge in [0, 0.05) is 29.8 Å². The van der Waals surface area contributed by atoms with Gasteiger partial charge in [0.15, 0.2) is 0 Å². The maximum absolute atomic E-state index is 6.14. The molecule has 1 saturated heterocycles. The van der Waals surface area contributed by atoms with E-state index in [0.717, 1.165) is 12.8 Å². The van der Waals surface area contributed by atoms with Crippen LogP contribution in [0.2, 0.25) is 0 Å². The zero-order valence-electron chi connectivity index (χ0n) is 9.87. The lowest BCUT2D eigenvalue weighted by Crippen LogP contribution is -2.37. The summed E-state index contributed by atoms with van der Waals surface area (Å²) < 4.78 is 0. The van der Waals surface area contributed by atoms with Crippen LogP contribution < -0.4 is 5.73 Å². The van der Waals surface area contributed by atoms with E-state index < -0.39 is 0 Å². The van der Waals surface area contributed by atoms with Gasteiger partial charge in [-0.1, -0.05) is 0 Å². The van der Waals surface area contributed by atoms with Gasteiger partial charge in [0.05, 0.1) is 5.69 Å². The summed E-state index contributed by atoms with van der Waals surface area (Å²) in [5.74, 6) is 0. The predicted molar refractivity (Wildman–Crippen MR) is 63.2 cm³/mol. The second-order valence-corrected chi connectivity index (χ2v) is 5.17. The SMILES string of the molecule is Cc1[nH]nc2c1C(N1CCCC1)CC(N)C2. The van der Waals surface area contributed by atoms with E-state index in [1.165, 1.54) is 42.9 Å². The summed E-state index contributed by atoms with van der Waals surface area (Å²) in [6, 6.07) is 0.792. The van der Waals surface area contributed by atoms with Crippen LogP contribution in [-0.2, 0) is 6.42 Å². The van der Waals surface area contributed by atoms with Crippen LogP contribution in [0.4, 0.5) is 0 Å². The highest BCUT2D eigenvalue weighted by Crippen LogP contribution is 2.36. The van der Waals surface area contributed by atoms with E-state index in [1.807, 2.05) is 0 Å². The highest BCUT2D eigenvalue weighted by Gasteiger charge is 2.33. The maximum Gasteiger partial charge on any atom is 0.0688 e. The molecule has 2 heterocycles. The molecule has 3 N–H and O–H groups in total. The summed E-state index contributed by atoms with van der Waals surface area (Å²) in [6.07, 6.45) is 4.69. The van der Waals surface area contributed by atoms with E-state index in [-0.39, 0.29) is 6.04 Å². The Morgan fingerprint density at radius 2 is 2.12 bits per heavy atom. The number of fused-ring (bicyclic) bond motifs is 1. The van der Waals surface area contributed by atoms with Crippen LogP contribution >= 0.6 is 0 Å². The number of aromatic amines is 1. The Morgan fingerprint density at radius 3 is 2.88 bits per heavy atom. The molecule has 4 nitrogen and oxygen atoms in total. The van der Waals surface area contributed by atoms with Crippen LogP contribution in [0.1, 0.15) is 42.3 Å². The van der Waals surface area contributed by atoms with Crippen molar-refractivity contribution in [3.05, 3.63) is 17.0 Å². The molecule has 1 aromatic rings. The predicted octanol–water partition coefficient (Wildman–Crippen LogP) is 1.13. The van der Waals surface area contributed by atoms with Crippen molar-refractivity contribution < 1.29 is 0 Å². The van der Waals surface area contributed by atoms with Crippen molar-refractivity contribution in [3.8, 4) is 0 Å². The molecule has 0 radical (unpaired) electrons. The first-order chi connectivity index (χ1) is 7.75. The number of nitrogens with two attached hydrogens (primary N) is 1. The number of rotatable bonds is 1. The molecular weight excluding hydrogens is 200 g/mol. The standard InChI is InChI=1S/C12H20N4/c1-8-12-10(15-14-8)6-9(13)7-11(12)16-4-2-3-5-16/h9,11H,2-7,13H2,1H3,(H,14,15). The van der Waals surface area contributed by atoms with Crippen LogP contribution in [0, 0.1) is 6.92 Å². The molecule has 1 aromatic heterocycles. The van der Waals surface area contributed by atoms with Gasteiger partial charge in [0.2, 0.25) is 0 Å². The normalized spacial score (nSPS) is 30.6. The van der Waals surface area contributed by atoms with Gasteiger partial charge in [0.25, 0.3) is 0 Å². The monoisotopic (exact) mass is 220 g/mol. The quantitative estimate of drug-likeness (QED) is 0.746. The third-order valence-electron chi connectivity index (χ3n) is 3.97. The summed E-state index contributed by atoms with van der Waals surface area (Å²) >= 11 is 0. The number of hydrogen-bond acceptors (Lipinski definition) is 3. The lowest BCUT2D eigenvalue weighted by atomic mass is 9.87. The van der Waals surface area contributed by atoms with E-state index in [1.54, 1.807) is 0 Å². The van der Waals surface area contributed by atoms with E-state index in [9.17, 15) is 0 Å².